The number of carbonyl (C=O) groups is 1. The lowest BCUT2D eigenvalue weighted by molar-refractivity contribution is -0.139. The van der Waals surface area contributed by atoms with Gasteiger partial charge in [-0.05, 0) is 38.4 Å². The zero-order valence-corrected chi connectivity index (χ0v) is 13.8. The third-order valence-corrected chi connectivity index (χ3v) is 5.35. The Kier molecular flexibility index (Phi) is 4.59. The second kappa shape index (κ2) is 6.47. The summed E-state index contributed by atoms with van der Waals surface area (Å²) in [6.45, 7) is 3.27. The van der Waals surface area contributed by atoms with Gasteiger partial charge in [0, 0.05) is 25.2 Å². The highest BCUT2D eigenvalue weighted by atomic mass is 35.5. The number of likely N-dealkylation sites (tertiary alicyclic amines) is 2. The minimum absolute atomic E-state index is 0.187. The van der Waals surface area contributed by atoms with Crippen molar-refractivity contribution in [1.82, 2.24) is 9.80 Å². The van der Waals surface area contributed by atoms with Crippen LogP contribution in [0.15, 0.2) is 24.3 Å². The van der Waals surface area contributed by atoms with E-state index in [1.165, 1.54) is 12.8 Å². The molecule has 1 spiro atoms. The lowest BCUT2D eigenvalue weighted by Gasteiger charge is -2.55. The maximum absolute atomic E-state index is 12.4. The van der Waals surface area contributed by atoms with Gasteiger partial charge in [-0.2, -0.15) is 0 Å². The molecule has 1 aromatic carbocycles. The molecule has 2 fully saturated rings. The lowest BCUT2D eigenvalue weighted by atomic mass is 9.78. The molecule has 120 valence electrons. The molecule has 5 heteroatoms. The fourth-order valence-electron chi connectivity index (χ4n) is 3.46. The molecule has 2 heterocycles. The van der Waals surface area contributed by atoms with E-state index in [9.17, 15) is 4.79 Å². The van der Waals surface area contributed by atoms with Crippen LogP contribution in [0.2, 0.25) is 5.02 Å². The molecule has 2 aliphatic heterocycles. The second-order valence-corrected chi connectivity index (χ2v) is 6.75. The van der Waals surface area contributed by atoms with Crippen molar-refractivity contribution in [2.24, 2.45) is 0 Å². The van der Waals surface area contributed by atoms with Crippen LogP contribution in [0.25, 0.3) is 0 Å². The molecule has 3 rings (SSSR count). The maximum atomic E-state index is 12.4. The number of hydrogen-bond donors (Lipinski definition) is 0. The number of piperidine rings is 1. The van der Waals surface area contributed by atoms with E-state index >= 15 is 0 Å². The van der Waals surface area contributed by atoms with Gasteiger partial charge in [-0.25, -0.2) is 0 Å². The van der Waals surface area contributed by atoms with Crippen molar-refractivity contribution in [3.63, 3.8) is 0 Å². The third-order valence-electron chi connectivity index (χ3n) is 5.04. The Morgan fingerprint density at radius 3 is 2.82 bits per heavy atom. The highest BCUT2D eigenvalue weighted by Crippen LogP contribution is 2.37. The standard InChI is InChI=1S/C17H23ClN2O2/c1-19-11-9-17(19)8-4-10-20(13-17)16(21)7-12-22-15-6-3-2-5-14(15)18/h2-3,5-6H,4,7-13H2,1H3/t17-/m0/s1. The zero-order chi connectivity index (χ0) is 15.6. The van der Waals surface area contributed by atoms with E-state index < -0.39 is 0 Å². The summed E-state index contributed by atoms with van der Waals surface area (Å²) in [4.78, 5) is 16.8. The molecule has 0 aromatic heterocycles. The fourth-order valence-corrected chi connectivity index (χ4v) is 3.65. The van der Waals surface area contributed by atoms with Gasteiger partial charge in [0.2, 0.25) is 5.91 Å². The minimum atomic E-state index is 0.187. The summed E-state index contributed by atoms with van der Waals surface area (Å²) in [5.41, 5.74) is 0.248. The highest BCUT2D eigenvalue weighted by molar-refractivity contribution is 6.32. The summed E-state index contributed by atoms with van der Waals surface area (Å²) in [6, 6.07) is 7.36. The molecule has 1 atom stereocenters. The Hall–Kier alpha value is -1.26. The molecule has 4 nitrogen and oxygen atoms in total. The predicted octanol–water partition coefficient (Wildman–Crippen LogP) is 2.81. The number of nitrogens with zero attached hydrogens (tertiary/aromatic N) is 2. The van der Waals surface area contributed by atoms with E-state index in [0.717, 1.165) is 26.1 Å². The van der Waals surface area contributed by atoms with Crippen molar-refractivity contribution in [3.05, 3.63) is 29.3 Å². The van der Waals surface area contributed by atoms with E-state index in [1.54, 1.807) is 6.07 Å². The number of hydrogen-bond acceptors (Lipinski definition) is 3. The molecule has 0 bridgehead atoms. The van der Waals surface area contributed by atoms with Crippen LogP contribution in [-0.4, -0.2) is 54.5 Å². The number of halogens is 1. The molecule has 0 saturated carbocycles. The van der Waals surface area contributed by atoms with E-state index in [-0.39, 0.29) is 11.4 Å². The molecule has 1 aromatic rings. The van der Waals surface area contributed by atoms with Crippen LogP contribution in [-0.2, 0) is 4.79 Å². The van der Waals surface area contributed by atoms with Crippen molar-refractivity contribution >= 4 is 17.5 Å². The van der Waals surface area contributed by atoms with Crippen LogP contribution >= 0.6 is 11.6 Å². The summed E-state index contributed by atoms with van der Waals surface area (Å²) in [5, 5.41) is 0.586. The first-order valence-corrected chi connectivity index (χ1v) is 8.35. The average Bonchev–Trinajstić information content (AvgIpc) is 2.55. The Bertz CT molecular complexity index is 551. The van der Waals surface area contributed by atoms with Crippen molar-refractivity contribution in [3.8, 4) is 5.75 Å². The van der Waals surface area contributed by atoms with Crippen LogP contribution < -0.4 is 4.74 Å². The number of amides is 1. The Balaban J connectivity index is 1.49. The summed E-state index contributed by atoms with van der Waals surface area (Å²) < 4.78 is 5.62. The first-order valence-electron chi connectivity index (χ1n) is 7.97. The molecule has 2 saturated heterocycles. The van der Waals surface area contributed by atoms with Gasteiger partial charge >= 0.3 is 0 Å². The molecule has 0 N–H and O–H groups in total. The van der Waals surface area contributed by atoms with Gasteiger partial charge in [0.25, 0.3) is 0 Å². The number of ether oxygens (including phenoxy) is 1. The van der Waals surface area contributed by atoms with Gasteiger partial charge in [-0.1, -0.05) is 23.7 Å². The van der Waals surface area contributed by atoms with Gasteiger partial charge < -0.3 is 9.64 Å². The van der Waals surface area contributed by atoms with E-state index in [2.05, 4.69) is 11.9 Å². The summed E-state index contributed by atoms with van der Waals surface area (Å²) in [6.07, 6.45) is 3.93. The van der Waals surface area contributed by atoms with Crippen LogP contribution in [0.1, 0.15) is 25.7 Å². The Labute approximate surface area is 137 Å². The predicted molar refractivity (Wildman–Crippen MR) is 87.4 cm³/mol. The Morgan fingerprint density at radius 2 is 2.14 bits per heavy atom. The number of carbonyl (C=O) groups excluding carboxylic acids is 1. The molecular formula is C17H23ClN2O2. The first kappa shape index (κ1) is 15.6. The van der Waals surface area contributed by atoms with Gasteiger partial charge in [0.1, 0.15) is 5.75 Å². The van der Waals surface area contributed by atoms with Crippen molar-refractivity contribution < 1.29 is 9.53 Å². The van der Waals surface area contributed by atoms with E-state index in [4.69, 9.17) is 16.3 Å². The largest absolute Gasteiger partial charge is 0.491 e. The third kappa shape index (κ3) is 3.08. The van der Waals surface area contributed by atoms with E-state index in [0.29, 0.717) is 23.8 Å². The van der Waals surface area contributed by atoms with Gasteiger partial charge in [-0.3, -0.25) is 9.69 Å². The van der Waals surface area contributed by atoms with Crippen LogP contribution in [0.3, 0.4) is 0 Å². The molecule has 0 unspecified atom stereocenters. The van der Waals surface area contributed by atoms with Crippen molar-refractivity contribution in [2.75, 3.05) is 33.3 Å². The van der Waals surface area contributed by atoms with Crippen molar-refractivity contribution in [2.45, 2.75) is 31.2 Å². The van der Waals surface area contributed by atoms with Gasteiger partial charge in [-0.15, -0.1) is 0 Å². The van der Waals surface area contributed by atoms with Crippen LogP contribution in [0, 0.1) is 0 Å². The number of benzene rings is 1. The second-order valence-electron chi connectivity index (χ2n) is 6.34. The molecule has 0 aliphatic carbocycles. The molecule has 0 radical (unpaired) electrons. The number of rotatable bonds is 4. The highest BCUT2D eigenvalue weighted by Gasteiger charge is 2.45. The lowest BCUT2D eigenvalue weighted by Crippen LogP contribution is -2.66. The minimum Gasteiger partial charge on any atom is -0.491 e. The normalized spacial score (nSPS) is 25.1. The fraction of sp³-hybridized carbons (Fsp3) is 0.588. The monoisotopic (exact) mass is 322 g/mol. The van der Waals surface area contributed by atoms with Gasteiger partial charge in [0.05, 0.1) is 18.1 Å². The molecule has 1 amide bonds. The quantitative estimate of drug-likeness (QED) is 0.854. The maximum Gasteiger partial charge on any atom is 0.226 e. The zero-order valence-electron chi connectivity index (χ0n) is 13.1. The first-order chi connectivity index (χ1) is 10.6. The van der Waals surface area contributed by atoms with E-state index in [1.807, 2.05) is 23.1 Å². The topological polar surface area (TPSA) is 32.8 Å². The molecule has 2 aliphatic rings. The SMILES string of the molecule is CN1CC[C@]12CCCN(C(=O)CCOc1ccccc1Cl)C2. The van der Waals surface area contributed by atoms with Crippen LogP contribution in [0.5, 0.6) is 5.75 Å². The number of likely N-dealkylation sites (N-methyl/N-ethyl adjacent to an activating group) is 1. The summed E-state index contributed by atoms with van der Waals surface area (Å²) in [5.74, 6) is 0.831. The Morgan fingerprint density at radius 1 is 1.32 bits per heavy atom. The molecular weight excluding hydrogens is 300 g/mol. The smallest absolute Gasteiger partial charge is 0.226 e. The molecule has 22 heavy (non-hydrogen) atoms. The van der Waals surface area contributed by atoms with Crippen LogP contribution in [0.4, 0.5) is 0 Å². The van der Waals surface area contributed by atoms with Crippen molar-refractivity contribution in [1.29, 1.82) is 0 Å². The average molecular weight is 323 g/mol. The summed E-state index contributed by atoms with van der Waals surface area (Å²) >= 11 is 6.04. The van der Waals surface area contributed by atoms with Gasteiger partial charge in [0.15, 0.2) is 0 Å². The number of para-hydroxylation sites is 1. The summed E-state index contributed by atoms with van der Waals surface area (Å²) in [7, 11) is 2.16.